The van der Waals surface area contributed by atoms with Crippen LogP contribution in [0, 0.1) is 0 Å². The standard InChI is InChI=1S/C15H15ClN2O2/c16-18(20-12-14-9-5-2-6-10-14)15(19)17-11-13-7-3-1-4-8-13/h1-10H,11-12H2,(H,17,19). The van der Waals surface area contributed by atoms with Crippen molar-refractivity contribution in [3.8, 4) is 0 Å². The lowest BCUT2D eigenvalue weighted by atomic mass is 10.2. The molecular weight excluding hydrogens is 276 g/mol. The zero-order chi connectivity index (χ0) is 14.2. The molecule has 0 spiro atoms. The molecule has 2 amide bonds. The molecule has 2 rings (SSSR count). The molecule has 2 aromatic carbocycles. The minimum Gasteiger partial charge on any atom is -0.331 e. The topological polar surface area (TPSA) is 41.6 Å². The summed E-state index contributed by atoms with van der Waals surface area (Å²) < 4.78 is 0.690. The Morgan fingerprint density at radius 1 is 1.00 bits per heavy atom. The Morgan fingerprint density at radius 2 is 1.55 bits per heavy atom. The molecule has 0 aliphatic heterocycles. The van der Waals surface area contributed by atoms with E-state index in [4.69, 9.17) is 16.6 Å². The van der Waals surface area contributed by atoms with E-state index >= 15 is 0 Å². The highest BCUT2D eigenvalue weighted by Gasteiger charge is 2.11. The fourth-order valence-corrected chi connectivity index (χ4v) is 1.71. The van der Waals surface area contributed by atoms with Crippen LogP contribution in [0.15, 0.2) is 60.7 Å². The lowest BCUT2D eigenvalue weighted by Crippen LogP contribution is -2.33. The number of benzene rings is 2. The van der Waals surface area contributed by atoms with Gasteiger partial charge in [-0.15, -0.1) is 4.58 Å². The molecule has 20 heavy (non-hydrogen) atoms. The van der Waals surface area contributed by atoms with Gasteiger partial charge in [0.05, 0.1) is 0 Å². The summed E-state index contributed by atoms with van der Waals surface area (Å²) in [4.78, 5) is 16.9. The molecule has 0 radical (unpaired) electrons. The van der Waals surface area contributed by atoms with Gasteiger partial charge in [-0.3, -0.25) is 0 Å². The third-order valence-corrected chi connectivity index (χ3v) is 2.88. The number of carbonyl (C=O) groups is 1. The molecule has 0 unspecified atom stereocenters. The van der Waals surface area contributed by atoms with Gasteiger partial charge in [-0.05, 0) is 11.1 Å². The van der Waals surface area contributed by atoms with E-state index in [9.17, 15) is 4.79 Å². The second-order valence-electron chi connectivity index (χ2n) is 4.15. The number of halogens is 1. The summed E-state index contributed by atoms with van der Waals surface area (Å²) >= 11 is 5.75. The lowest BCUT2D eigenvalue weighted by molar-refractivity contribution is -0.0594. The van der Waals surface area contributed by atoms with Gasteiger partial charge in [0.2, 0.25) is 0 Å². The second kappa shape index (κ2) is 7.53. The summed E-state index contributed by atoms with van der Waals surface area (Å²) in [5, 5.41) is 2.67. The minimum absolute atomic E-state index is 0.239. The molecule has 104 valence electrons. The van der Waals surface area contributed by atoms with Crippen molar-refractivity contribution in [2.45, 2.75) is 13.2 Å². The predicted octanol–water partition coefficient (Wildman–Crippen LogP) is 3.48. The average Bonchev–Trinajstić information content (AvgIpc) is 2.52. The van der Waals surface area contributed by atoms with Crippen molar-refractivity contribution in [2.75, 3.05) is 0 Å². The van der Waals surface area contributed by atoms with Gasteiger partial charge in [0.25, 0.3) is 0 Å². The van der Waals surface area contributed by atoms with E-state index in [1.807, 2.05) is 60.7 Å². The Balaban J connectivity index is 1.75. The maximum Gasteiger partial charge on any atom is 0.357 e. The summed E-state index contributed by atoms with van der Waals surface area (Å²) in [6.07, 6.45) is 0. The van der Waals surface area contributed by atoms with Crippen LogP contribution >= 0.6 is 11.8 Å². The Hall–Kier alpha value is -2.04. The summed E-state index contributed by atoms with van der Waals surface area (Å²) in [5.41, 5.74) is 1.93. The van der Waals surface area contributed by atoms with Crippen LogP contribution in [-0.2, 0) is 18.0 Å². The van der Waals surface area contributed by atoms with Crippen molar-refractivity contribution in [2.24, 2.45) is 0 Å². The van der Waals surface area contributed by atoms with E-state index in [-0.39, 0.29) is 6.61 Å². The first kappa shape index (κ1) is 14.4. The predicted molar refractivity (Wildman–Crippen MR) is 77.6 cm³/mol. The number of nitrogens with one attached hydrogen (secondary N) is 1. The Labute approximate surface area is 123 Å². The van der Waals surface area contributed by atoms with Crippen LogP contribution in [0.1, 0.15) is 11.1 Å². The fourth-order valence-electron chi connectivity index (χ4n) is 1.60. The van der Waals surface area contributed by atoms with E-state index in [2.05, 4.69) is 5.32 Å². The van der Waals surface area contributed by atoms with E-state index in [0.717, 1.165) is 11.1 Å². The molecule has 2 aromatic rings. The summed E-state index contributed by atoms with van der Waals surface area (Å²) in [7, 11) is 0. The smallest absolute Gasteiger partial charge is 0.331 e. The minimum atomic E-state index is -0.494. The van der Waals surface area contributed by atoms with Crippen LogP contribution in [0.4, 0.5) is 4.79 Å². The maximum absolute atomic E-state index is 11.7. The monoisotopic (exact) mass is 290 g/mol. The van der Waals surface area contributed by atoms with Gasteiger partial charge in [0.15, 0.2) is 0 Å². The maximum atomic E-state index is 11.7. The zero-order valence-corrected chi connectivity index (χ0v) is 11.6. The Kier molecular flexibility index (Phi) is 5.41. The molecule has 0 saturated heterocycles. The van der Waals surface area contributed by atoms with Gasteiger partial charge in [0, 0.05) is 18.3 Å². The molecule has 0 aliphatic carbocycles. The number of hydrogen-bond acceptors (Lipinski definition) is 2. The van der Waals surface area contributed by atoms with Gasteiger partial charge < -0.3 is 5.32 Å². The van der Waals surface area contributed by atoms with Gasteiger partial charge in [-0.25, -0.2) is 9.63 Å². The highest BCUT2D eigenvalue weighted by Crippen LogP contribution is 2.06. The molecule has 0 aromatic heterocycles. The van der Waals surface area contributed by atoms with Crippen molar-refractivity contribution in [3.63, 3.8) is 0 Å². The molecule has 0 saturated carbocycles. The number of hydrogen-bond donors (Lipinski definition) is 1. The number of amides is 2. The summed E-state index contributed by atoms with van der Waals surface area (Å²) in [5.74, 6) is 0. The largest absolute Gasteiger partial charge is 0.357 e. The van der Waals surface area contributed by atoms with Gasteiger partial charge in [0.1, 0.15) is 6.61 Å². The number of rotatable bonds is 5. The molecule has 0 aliphatic rings. The molecule has 0 heterocycles. The number of carbonyl (C=O) groups excluding carboxylic acids is 1. The van der Waals surface area contributed by atoms with Gasteiger partial charge >= 0.3 is 6.03 Å². The summed E-state index contributed by atoms with van der Waals surface area (Å²) in [6.45, 7) is 0.640. The average molecular weight is 291 g/mol. The van der Waals surface area contributed by atoms with Crippen LogP contribution in [0.2, 0.25) is 0 Å². The zero-order valence-electron chi connectivity index (χ0n) is 10.8. The molecule has 0 atom stereocenters. The van der Waals surface area contributed by atoms with E-state index < -0.39 is 6.03 Å². The highest BCUT2D eigenvalue weighted by atomic mass is 35.5. The molecule has 0 bridgehead atoms. The molecule has 4 nitrogen and oxygen atoms in total. The SMILES string of the molecule is O=C(NCc1ccccc1)N(Cl)OCc1ccccc1. The van der Waals surface area contributed by atoms with Gasteiger partial charge in [-0.1, -0.05) is 60.7 Å². The molecule has 0 fully saturated rings. The number of nitrogens with zero attached hydrogens (tertiary/aromatic N) is 1. The molecule has 5 heteroatoms. The van der Waals surface area contributed by atoms with Crippen LogP contribution in [0.5, 0.6) is 0 Å². The first-order valence-corrected chi connectivity index (χ1v) is 6.54. The first-order chi connectivity index (χ1) is 9.75. The van der Waals surface area contributed by atoms with Crippen LogP contribution in [-0.4, -0.2) is 10.6 Å². The van der Waals surface area contributed by atoms with E-state index in [1.165, 1.54) is 0 Å². The number of urea groups is 1. The van der Waals surface area contributed by atoms with Crippen molar-refractivity contribution in [1.29, 1.82) is 0 Å². The third-order valence-electron chi connectivity index (χ3n) is 2.63. The van der Waals surface area contributed by atoms with Gasteiger partial charge in [-0.2, -0.15) is 0 Å². The first-order valence-electron chi connectivity index (χ1n) is 6.20. The van der Waals surface area contributed by atoms with E-state index in [1.54, 1.807) is 0 Å². The second-order valence-corrected chi connectivity index (χ2v) is 4.46. The van der Waals surface area contributed by atoms with Crippen molar-refractivity contribution < 1.29 is 9.63 Å². The highest BCUT2D eigenvalue weighted by molar-refractivity contribution is 6.19. The molecular formula is C15H15ClN2O2. The van der Waals surface area contributed by atoms with Crippen molar-refractivity contribution in [1.82, 2.24) is 9.90 Å². The quantitative estimate of drug-likeness (QED) is 0.676. The van der Waals surface area contributed by atoms with Crippen LogP contribution in [0.25, 0.3) is 0 Å². The van der Waals surface area contributed by atoms with Crippen molar-refractivity contribution in [3.05, 3.63) is 71.8 Å². The van der Waals surface area contributed by atoms with Crippen LogP contribution in [0.3, 0.4) is 0 Å². The third kappa shape index (κ3) is 4.57. The Morgan fingerprint density at radius 3 is 2.15 bits per heavy atom. The van der Waals surface area contributed by atoms with E-state index in [0.29, 0.717) is 11.1 Å². The summed E-state index contributed by atoms with van der Waals surface area (Å²) in [6, 6.07) is 18.6. The lowest BCUT2D eigenvalue weighted by Gasteiger charge is -2.14. The number of hydroxylamine groups is 1. The normalized spacial score (nSPS) is 10.1. The molecule has 1 N–H and O–H groups in total. The van der Waals surface area contributed by atoms with Crippen LogP contribution < -0.4 is 5.32 Å². The Bertz CT molecular complexity index is 534. The fraction of sp³-hybridized carbons (Fsp3) is 0.133. The van der Waals surface area contributed by atoms with Crippen molar-refractivity contribution >= 4 is 17.8 Å².